The van der Waals surface area contributed by atoms with Crippen molar-refractivity contribution in [1.29, 1.82) is 0 Å². The van der Waals surface area contributed by atoms with Crippen molar-refractivity contribution in [2.75, 3.05) is 13.1 Å². The molecule has 0 bridgehead atoms. The van der Waals surface area contributed by atoms with E-state index in [9.17, 15) is 9.90 Å². The molecule has 0 spiro atoms. The summed E-state index contributed by atoms with van der Waals surface area (Å²) in [5, 5.41) is 19.1. The molecule has 1 saturated heterocycles. The van der Waals surface area contributed by atoms with E-state index in [1.54, 1.807) is 0 Å². The van der Waals surface area contributed by atoms with Crippen molar-refractivity contribution in [2.24, 2.45) is 5.92 Å². The van der Waals surface area contributed by atoms with Gasteiger partial charge in [-0.25, -0.2) is 0 Å². The van der Waals surface area contributed by atoms with Gasteiger partial charge in [-0.05, 0) is 25.3 Å². The van der Waals surface area contributed by atoms with Crippen LogP contribution < -0.4 is 10.6 Å². The van der Waals surface area contributed by atoms with Gasteiger partial charge >= 0.3 is 0 Å². The molecule has 1 aliphatic heterocycles. The van der Waals surface area contributed by atoms with Crippen LogP contribution in [0.3, 0.4) is 0 Å². The predicted molar refractivity (Wildman–Crippen MR) is 67.5 cm³/mol. The molecule has 2 atom stereocenters. The first kappa shape index (κ1) is 14.0. The summed E-state index contributed by atoms with van der Waals surface area (Å²) in [5.74, 6) is 0.128. The van der Waals surface area contributed by atoms with E-state index in [1.807, 2.05) is 13.8 Å². The van der Waals surface area contributed by atoms with Gasteiger partial charge in [0, 0.05) is 6.54 Å². The van der Waals surface area contributed by atoms with Crippen molar-refractivity contribution in [3.8, 4) is 0 Å². The molecule has 1 aliphatic rings. The summed E-state index contributed by atoms with van der Waals surface area (Å²) in [6, 6.07) is 0.0512. The first-order valence-electron chi connectivity index (χ1n) is 6.61. The maximum Gasteiger partial charge on any atom is 0.292 e. The van der Waals surface area contributed by atoms with Gasteiger partial charge in [0.15, 0.2) is 0 Å². The number of carbonyl (C=O) groups is 1. The van der Waals surface area contributed by atoms with Crippen molar-refractivity contribution < 1.29 is 14.4 Å². The lowest BCUT2D eigenvalue weighted by Crippen LogP contribution is -2.35. The highest BCUT2D eigenvalue weighted by Gasteiger charge is 2.24. The standard InChI is InChI=1S/C12H20N4O3/c1-7(2)9(17)6-14-11(18)10-15-12(19-16-10)8-4-3-5-13-8/h7-9,13,17H,3-6H2,1-2H3,(H,14,18). The van der Waals surface area contributed by atoms with Crippen LogP contribution in [0.5, 0.6) is 0 Å². The highest BCUT2D eigenvalue weighted by atomic mass is 16.5. The summed E-state index contributed by atoms with van der Waals surface area (Å²) in [7, 11) is 0. The fraction of sp³-hybridized carbons (Fsp3) is 0.750. The van der Waals surface area contributed by atoms with Crippen LogP contribution in [0.15, 0.2) is 4.52 Å². The molecule has 1 amide bonds. The second kappa shape index (κ2) is 6.12. The lowest BCUT2D eigenvalue weighted by atomic mass is 10.1. The lowest BCUT2D eigenvalue weighted by Gasteiger charge is -2.13. The van der Waals surface area contributed by atoms with Crippen LogP contribution in [0.1, 0.15) is 49.2 Å². The molecule has 7 heteroatoms. The topological polar surface area (TPSA) is 100 Å². The summed E-state index contributed by atoms with van der Waals surface area (Å²) in [5.41, 5.74) is 0. The molecule has 19 heavy (non-hydrogen) atoms. The smallest absolute Gasteiger partial charge is 0.292 e. The maximum absolute atomic E-state index is 11.8. The predicted octanol–water partition coefficient (Wildman–Crippen LogP) is 0.241. The van der Waals surface area contributed by atoms with E-state index in [0.717, 1.165) is 19.4 Å². The molecule has 0 aliphatic carbocycles. The highest BCUT2D eigenvalue weighted by Crippen LogP contribution is 2.20. The number of hydrogen-bond donors (Lipinski definition) is 3. The minimum atomic E-state index is -0.577. The van der Waals surface area contributed by atoms with Crippen LogP contribution in [0.2, 0.25) is 0 Å². The fourth-order valence-corrected chi connectivity index (χ4v) is 1.88. The number of nitrogens with one attached hydrogen (secondary N) is 2. The zero-order valence-electron chi connectivity index (χ0n) is 11.2. The summed E-state index contributed by atoms with van der Waals surface area (Å²) < 4.78 is 5.08. The number of aliphatic hydroxyl groups excluding tert-OH is 1. The van der Waals surface area contributed by atoms with Gasteiger partial charge in [0.05, 0.1) is 12.1 Å². The Hall–Kier alpha value is -1.47. The van der Waals surface area contributed by atoms with Gasteiger partial charge in [-0.15, -0.1) is 0 Å². The average Bonchev–Trinajstić information content (AvgIpc) is 3.04. The van der Waals surface area contributed by atoms with Gasteiger partial charge in [-0.1, -0.05) is 19.0 Å². The zero-order chi connectivity index (χ0) is 13.8. The molecule has 2 unspecified atom stereocenters. The number of nitrogens with zero attached hydrogens (tertiary/aromatic N) is 2. The van der Waals surface area contributed by atoms with Crippen LogP contribution in [0, 0.1) is 5.92 Å². The van der Waals surface area contributed by atoms with Gasteiger partial charge in [0.2, 0.25) is 5.89 Å². The summed E-state index contributed by atoms with van der Waals surface area (Å²) in [6.07, 6.45) is 1.43. The monoisotopic (exact) mass is 268 g/mol. The largest absolute Gasteiger partial charge is 0.391 e. The van der Waals surface area contributed by atoms with Crippen LogP contribution in [-0.4, -0.2) is 40.3 Å². The van der Waals surface area contributed by atoms with Crippen LogP contribution in [0.25, 0.3) is 0 Å². The van der Waals surface area contributed by atoms with Crippen molar-refractivity contribution >= 4 is 5.91 Å². The summed E-state index contributed by atoms with van der Waals surface area (Å²) >= 11 is 0. The van der Waals surface area contributed by atoms with Gasteiger partial charge in [0.1, 0.15) is 0 Å². The van der Waals surface area contributed by atoms with E-state index in [2.05, 4.69) is 20.8 Å². The van der Waals surface area contributed by atoms with Gasteiger partial charge in [-0.2, -0.15) is 4.98 Å². The van der Waals surface area contributed by atoms with Gasteiger partial charge in [-0.3, -0.25) is 4.79 Å². The molecule has 3 N–H and O–H groups in total. The Morgan fingerprint density at radius 1 is 1.63 bits per heavy atom. The van der Waals surface area contributed by atoms with Crippen molar-refractivity contribution in [1.82, 2.24) is 20.8 Å². The van der Waals surface area contributed by atoms with Gasteiger partial charge < -0.3 is 20.3 Å². The first-order valence-corrected chi connectivity index (χ1v) is 6.61. The quantitative estimate of drug-likeness (QED) is 0.707. The molecule has 0 aromatic carbocycles. The molecular formula is C12H20N4O3. The Morgan fingerprint density at radius 2 is 2.42 bits per heavy atom. The van der Waals surface area contributed by atoms with Crippen LogP contribution in [-0.2, 0) is 0 Å². The number of aromatic nitrogens is 2. The molecule has 1 aromatic heterocycles. The normalized spacial score (nSPS) is 20.7. The van der Waals surface area contributed by atoms with Crippen LogP contribution in [0.4, 0.5) is 0 Å². The zero-order valence-corrected chi connectivity index (χ0v) is 11.2. The van der Waals surface area contributed by atoms with E-state index in [-0.39, 0.29) is 24.3 Å². The van der Waals surface area contributed by atoms with Crippen LogP contribution >= 0.6 is 0 Å². The minimum absolute atomic E-state index is 0.0136. The number of aliphatic hydroxyl groups is 1. The van der Waals surface area contributed by atoms with Crippen molar-refractivity contribution in [3.05, 3.63) is 11.7 Å². The first-order chi connectivity index (χ1) is 9.08. The summed E-state index contributed by atoms with van der Waals surface area (Å²) in [6.45, 7) is 4.88. The molecule has 7 nitrogen and oxygen atoms in total. The Kier molecular flexibility index (Phi) is 4.49. The van der Waals surface area contributed by atoms with E-state index >= 15 is 0 Å². The molecule has 2 heterocycles. The maximum atomic E-state index is 11.8. The lowest BCUT2D eigenvalue weighted by molar-refractivity contribution is 0.0859. The Morgan fingerprint density at radius 3 is 3.05 bits per heavy atom. The average molecular weight is 268 g/mol. The molecule has 106 valence electrons. The SMILES string of the molecule is CC(C)C(O)CNC(=O)c1noc(C2CCCN2)n1. The number of rotatable bonds is 5. The number of hydrogen-bond acceptors (Lipinski definition) is 6. The van der Waals surface area contributed by atoms with E-state index in [1.165, 1.54) is 0 Å². The fourth-order valence-electron chi connectivity index (χ4n) is 1.88. The minimum Gasteiger partial charge on any atom is -0.391 e. The number of carbonyl (C=O) groups excluding carboxylic acids is 1. The van der Waals surface area contributed by atoms with E-state index < -0.39 is 12.0 Å². The molecule has 0 saturated carbocycles. The second-order valence-corrected chi connectivity index (χ2v) is 5.13. The molecule has 2 rings (SSSR count). The summed E-state index contributed by atoms with van der Waals surface area (Å²) in [4.78, 5) is 15.9. The molecule has 0 radical (unpaired) electrons. The Bertz CT molecular complexity index is 426. The number of amides is 1. The molecule has 1 fully saturated rings. The van der Waals surface area contributed by atoms with Gasteiger partial charge in [0.25, 0.3) is 11.7 Å². The second-order valence-electron chi connectivity index (χ2n) is 5.13. The highest BCUT2D eigenvalue weighted by molar-refractivity contribution is 5.90. The third kappa shape index (κ3) is 3.51. The molecular weight excluding hydrogens is 248 g/mol. The Balaban J connectivity index is 1.89. The van der Waals surface area contributed by atoms with Crippen molar-refractivity contribution in [3.63, 3.8) is 0 Å². The van der Waals surface area contributed by atoms with E-state index in [4.69, 9.17) is 4.52 Å². The Labute approximate surface area is 111 Å². The third-order valence-electron chi connectivity index (χ3n) is 3.24. The van der Waals surface area contributed by atoms with E-state index in [0.29, 0.717) is 5.89 Å². The third-order valence-corrected chi connectivity index (χ3v) is 3.24. The van der Waals surface area contributed by atoms with Crippen molar-refractivity contribution in [2.45, 2.75) is 38.8 Å². The molecule has 1 aromatic rings.